The fraction of sp³-hybridized carbons (Fsp3) is 0.462. The topological polar surface area (TPSA) is 50.5 Å². The van der Waals surface area contributed by atoms with Crippen molar-refractivity contribution in [2.24, 2.45) is 0 Å². The Morgan fingerprint density at radius 2 is 2.29 bits per heavy atom. The Balaban J connectivity index is 2.33. The molecule has 21 heavy (non-hydrogen) atoms. The lowest BCUT2D eigenvalue weighted by molar-refractivity contribution is 0.203. The van der Waals surface area contributed by atoms with E-state index < -0.39 is 6.10 Å². The van der Waals surface area contributed by atoms with Crippen molar-refractivity contribution in [3.63, 3.8) is 0 Å². The number of hydrogen-bond donors (Lipinski definition) is 1. The number of thiophene rings is 1. The van der Waals surface area contributed by atoms with Crippen LogP contribution in [0.1, 0.15) is 16.7 Å². The van der Waals surface area contributed by atoms with Gasteiger partial charge in [0.05, 0.1) is 19.9 Å². The first-order valence-electron chi connectivity index (χ1n) is 6.31. The van der Waals surface area contributed by atoms with Gasteiger partial charge in [0, 0.05) is 15.9 Å². The molecule has 0 saturated heterocycles. The van der Waals surface area contributed by atoms with E-state index in [0.717, 1.165) is 15.9 Å². The van der Waals surface area contributed by atoms with Crippen molar-refractivity contribution in [1.82, 2.24) is 14.7 Å². The van der Waals surface area contributed by atoms with Crippen molar-refractivity contribution in [3.05, 3.63) is 31.6 Å². The van der Waals surface area contributed by atoms with Crippen LogP contribution >= 0.6 is 38.9 Å². The fourth-order valence-corrected chi connectivity index (χ4v) is 3.64. The normalized spacial score (nSPS) is 12.9. The van der Waals surface area contributed by atoms with Gasteiger partial charge in [-0.3, -0.25) is 4.68 Å². The molecule has 0 aliphatic carbocycles. The van der Waals surface area contributed by atoms with Crippen molar-refractivity contribution < 1.29 is 9.84 Å². The first-order valence-corrected chi connectivity index (χ1v) is 8.30. The Labute approximate surface area is 141 Å². The Kier molecular flexibility index (Phi) is 5.67. The Hall–Kier alpha value is -0.600. The predicted octanol–water partition coefficient (Wildman–Crippen LogP) is 3.01. The molecule has 1 atom stereocenters. The molecule has 2 heterocycles. The maximum atomic E-state index is 10.7. The van der Waals surface area contributed by atoms with Crippen molar-refractivity contribution in [2.75, 3.05) is 27.7 Å². The maximum Gasteiger partial charge on any atom is 0.163 e. The van der Waals surface area contributed by atoms with Crippen LogP contribution < -0.4 is 4.74 Å². The lowest BCUT2D eigenvalue weighted by atomic mass is 10.2. The molecule has 1 unspecified atom stereocenters. The third kappa shape index (κ3) is 3.78. The van der Waals surface area contributed by atoms with Gasteiger partial charge in [0.25, 0.3) is 0 Å². The average molecular weight is 395 g/mol. The van der Waals surface area contributed by atoms with Crippen LogP contribution in [0.15, 0.2) is 16.7 Å². The van der Waals surface area contributed by atoms with E-state index in [1.807, 2.05) is 20.2 Å². The molecule has 0 radical (unpaired) electrons. The van der Waals surface area contributed by atoms with E-state index in [-0.39, 0.29) is 0 Å². The van der Waals surface area contributed by atoms with Gasteiger partial charge < -0.3 is 14.7 Å². The highest BCUT2D eigenvalue weighted by Crippen LogP contribution is 2.39. The summed E-state index contributed by atoms with van der Waals surface area (Å²) in [6, 6.07) is 1.82. The highest BCUT2D eigenvalue weighted by atomic mass is 79.9. The Morgan fingerprint density at radius 1 is 1.57 bits per heavy atom. The molecule has 2 aromatic rings. The van der Waals surface area contributed by atoms with Crippen LogP contribution in [0.5, 0.6) is 5.75 Å². The third-order valence-electron chi connectivity index (χ3n) is 3.02. The van der Waals surface area contributed by atoms with Gasteiger partial charge in [-0.25, -0.2) is 0 Å². The maximum absolute atomic E-state index is 10.7. The van der Waals surface area contributed by atoms with Crippen molar-refractivity contribution in [1.29, 1.82) is 0 Å². The summed E-state index contributed by atoms with van der Waals surface area (Å²) in [7, 11) is 5.56. The van der Waals surface area contributed by atoms with Gasteiger partial charge in [0.15, 0.2) is 5.75 Å². The zero-order chi connectivity index (χ0) is 15.6. The quantitative estimate of drug-likeness (QED) is 0.818. The molecule has 1 N–H and O–H groups in total. The molecule has 0 bridgehead atoms. The minimum Gasteiger partial charge on any atom is -0.493 e. The summed E-state index contributed by atoms with van der Waals surface area (Å²) in [6.45, 7) is 1.49. The molecule has 0 aliphatic rings. The van der Waals surface area contributed by atoms with E-state index in [4.69, 9.17) is 16.3 Å². The van der Waals surface area contributed by atoms with Crippen LogP contribution in [0, 0.1) is 0 Å². The number of rotatable bonds is 6. The molecule has 0 aromatic carbocycles. The minimum absolute atomic E-state index is 0.571. The SMILES string of the molecule is COc1cnn(CCN(C)C)c1C(O)c1cc(Br)c(Cl)s1. The average Bonchev–Trinajstić information content (AvgIpc) is 2.99. The van der Waals surface area contributed by atoms with Gasteiger partial charge in [0.1, 0.15) is 16.1 Å². The van der Waals surface area contributed by atoms with Gasteiger partial charge in [-0.2, -0.15) is 5.10 Å². The number of aliphatic hydroxyl groups excluding tert-OH is 1. The molecule has 0 aliphatic heterocycles. The standard InChI is InChI=1S/C13H17BrClN3O2S/c1-17(2)4-5-18-11(9(20-3)7-16-18)12(19)10-6-8(14)13(15)21-10/h6-7,12,19H,4-5H2,1-3H3. The van der Waals surface area contributed by atoms with Crippen LogP contribution in [-0.2, 0) is 6.54 Å². The zero-order valence-corrected chi connectivity index (χ0v) is 15.2. The summed E-state index contributed by atoms with van der Waals surface area (Å²) in [5.41, 5.74) is 0.643. The first-order chi connectivity index (χ1) is 9.93. The summed E-state index contributed by atoms with van der Waals surface area (Å²) >= 11 is 10.7. The van der Waals surface area contributed by atoms with Gasteiger partial charge in [-0.1, -0.05) is 11.6 Å². The number of likely N-dealkylation sites (N-methyl/N-ethyl adjacent to an activating group) is 1. The molecule has 0 amide bonds. The second-order valence-electron chi connectivity index (χ2n) is 4.80. The van der Waals surface area contributed by atoms with E-state index in [1.165, 1.54) is 11.3 Å². The molecule has 0 fully saturated rings. The lowest BCUT2D eigenvalue weighted by Gasteiger charge is -2.15. The number of nitrogens with zero attached hydrogens (tertiary/aromatic N) is 3. The van der Waals surface area contributed by atoms with Gasteiger partial charge >= 0.3 is 0 Å². The molecular formula is C13H17BrClN3O2S. The van der Waals surface area contributed by atoms with Crippen LogP contribution in [0.2, 0.25) is 4.34 Å². The van der Waals surface area contributed by atoms with Crippen molar-refractivity contribution in [3.8, 4) is 5.75 Å². The van der Waals surface area contributed by atoms with Crippen LogP contribution in [0.3, 0.4) is 0 Å². The Bertz CT molecular complexity index is 595. The largest absolute Gasteiger partial charge is 0.493 e. The monoisotopic (exact) mass is 393 g/mol. The molecule has 2 rings (SSSR count). The predicted molar refractivity (Wildman–Crippen MR) is 88.4 cm³/mol. The molecule has 0 spiro atoms. The summed E-state index contributed by atoms with van der Waals surface area (Å²) < 4.78 is 8.48. The van der Waals surface area contributed by atoms with Crippen molar-refractivity contribution in [2.45, 2.75) is 12.6 Å². The smallest absolute Gasteiger partial charge is 0.163 e. The fourth-order valence-electron chi connectivity index (χ4n) is 1.92. The first kappa shape index (κ1) is 16.8. The highest BCUT2D eigenvalue weighted by Gasteiger charge is 2.24. The minimum atomic E-state index is -0.821. The van der Waals surface area contributed by atoms with E-state index >= 15 is 0 Å². The lowest BCUT2D eigenvalue weighted by Crippen LogP contribution is -2.21. The van der Waals surface area contributed by atoms with E-state index in [0.29, 0.717) is 22.3 Å². The number of aliphatic hydroxyl groups is 1. The van der Waals surface area contributed by atoms with Crippen molar-refractivity contribution >= 4 is 38.9 Å². The molecular weight excluding hydrogens is 378 g/mol. The number of hydrogen-bond acceptors (Lipinski definition) is 5. The van der Waals surface area contributed by atoms with E-state index in [1.54, 1.807) is 18.0 Å². The second kappa shape index (κ2) is 7.11. The number of ether oxygens (including phenoxy) is 1. The van der Waals surface area contributed by atoms with Crippen LogP contribution in [-0.4, -0.2) is 47.5 Å². The van der Waals surface area contributed by atoms with E-state index in [9.17, 15) is 5.11 Å². The second-order valence-corrected chi connectivity index (χ2v) is 7.34. The summed E-state index contributed by atoms with van der Waals surface area (Å²) in [5.74, 6) is 0.571. The number of methoxy groups -OCH3 is 1. The highest BCUT2D eigenvalue weighted by molar-refractivity contribution is 9.10. The van der Waals surface area contributed by atoms with Gasteiger partial charge in [-0.15, -0.1) is 11.3 Å². The summed E-state index contributed by atoms with van der Waals surface area (Å²) in [4.78, 5) is 2.81. The molecule has 2 aromatic heterocycles. The number of aromatic nitrogens is 2. The molecule has 5 nitrogen and oxygen atoms in total. The van der Waals surface area contributed by atoms with Gasteiger partial charge in [0.2, 0.25) is 0 Å². The number of halogens is 2. The van der Waals surface area contributed by atoms with Crippen LogP contribution in [0.25, 0.3) is 0 Å². The molecule has 0 saturated carbocycles. The molecule has 8 heteroatoms. The van der Waals surface area contributed by atoms with Crippen LogP contribution in [0.4, 0.5) is 0 Å². The summed E-state index contributed by atoms with van der Waals surface area (Å²) in [6.07, 6.45) is 0.803. The Morgan fingerprint density at radius 3 is 2.81 bits per heavy atom. The van der Waals surface area contributed by atoms with E-state index in [2.05, 4.69) is 25.9 Å². The van der Waals surface area contributed by atoms with Gasteiger partial charge in [-0.05, 0) is 36.1 Å². The molecule has 116 valence electrons. The third-order valence-corrected chi connectivity index (χ3v) is 5.54. The zero-order valence-electron chi connectivity index (χ0n) is 12.0. The summed E-state index contributed by atoms with van der Waals surface area (Å²) in [5, 5.41) is 15.0.